The predicted molar refractivity (Wildman–Crippen MR) is 104 cm³/mol. The third-order valence-electron chi connectivity index (χ3n) is 4.62. The van der Waals surface area contributed by atoms with E-state index in [1.807, 2.05) is 59.6 Å². The smallest absolute Gasteiger partial charge is 0.123 e. The molecule has 0 bridgehead atoms. The zero-order valence-electron chi connectivity index (χ0n) is 14.3. The largest absolute Gasteiger partial charge is 0.299 e. The van der Waals surface area contributed by atoms with Gasteiger partial charge in [0.05, 0.1) is 29.3 Å². The quantitative estimate of drug-likeness (QED) is 0.456. The molecule has 0 aliphatic carbocycles. The lowest BCUT2D eigenvalue weighted by atomic mass is 10.1. The van der Waals surface area contributed by atoms with Crippen molar-refractivity contribution in [3.8, 4) is 22.6 Å². The Kier molecular flexibility index (Phi) is 3.57. The molecule has 0 spiro atoms. The standard InChI is InChI=1S/C22H15FN4/c23-17-7-9-19(10-8-17)27-15-25-20-11-6-16(12-21(20)27)22-13-24-14-26(22)18-4-2-1-3-5-18/h1-15H. The number of para-hydroxylation sites is 1. The number of nitrogens with zero attached hydrogens (tertiary/aromatic N) is 4. The molecule has 0 aliphatic heterocycles. The summed E-state index contributed by atoms with van der Waals surface area (Å²) in [5.74, 6) is -0.254. The predicted octanol–water partition coefficient (Wildman–Crippen LogP) is 5.02. The van der Waals surface area contributed by atoms with Crippen LogP contribution >= 0.6 is 0 Å². The maximum absolute atomic E-state index is 13.3. The Hall–Kier alpha value is -3.73. The highest BCUT2D eigenvalue weighted by Gasteiger charge is 2.11. The van der Waals surface area contributed by atoms with Gasteiger partial charge in [0.25, 0.3) is 0 Å². The first kappa shape index (κ1) is 15.5. The lowest BCUT2D eigenvalue weighted by Gasteiger charge is -2.09. The summed E-state index contributed by atoms with van der Waals surface area (Å²) in [6.45, 7) is 0. The minimum atomic E-state index is -0.254. The van der Waals surface area contributed by atoms with Crippen LogP contribution in [0.2, 0.25) is 0 Å². The van der Waals surface area contributed by atoms with Crippen LogP contribution < -0.4 is 0 Å². The Morgan fingerprint density at radius 3 is 2.33 bits per heavy atom. The average Bonchev–Trinajstić information content (AvgIpc) is 3.36. The van der Waals surface area contributed by atoms with Crippen LogP contribution in [0.3, 0.4) is 0 Å². The number of imidazole rings is 2. The van der Waals surface area contributed by atoms with Gasteiger partial charge < -0.3 is 0 Å². The Morgan fingerprint density at radius 2 is 1.52 bits per heavy atom. The number of aromatic nitrogens is 4. The summed E-state index contributed by atoms with van der Waals surface area (Å²) in [6.07, 6.45) is 5.43. The van der Waals surface area contributed by atoms with Gasteiger partial charge in [-0.05, 0) is 48.5 Å². The van der Waals surface area contributed by atoms with Crippen molar-refractivity contribution in [1.82, 2.24) is 19.1 Å². The summed E-state index contributed by atoms with van der Waals surface area (Å²) in [7, 11) is 0. The third-order valence-corrected chi connectivity index (χ3v) is 4.62. The molecule has 0 saturated carbocycles. The maximum Gasteiger partial charge on any atom is 0.123 e. The third kappa shape index (κ3) is 2.69. The number of benzene rings is 3. The lowest BCUT2D eigenvalue weighted by molar-refractivity contribution is 0.627. The Morgan fingerprint density at radius 1 is 0.741 bits per heavy atom. The fraction of sp³-hybridized carbons (Fsp3) is 0. The van der Waals surface area contributed by atoms with Crippen molar-refractivity contribution in [2.45, 2.75) is 0 Å². The van der Waals surface area contributed by atoms with Gasteiger partial charge in [-0.3, -0.25) is 9.13 Å². The van der Waals surface area contributed by atoms with Gasteiger partial charge in [0.15, 0.2) is 0 Å². The second kappa shape index (κ2) is 6.21. The molecule has 0 saturated heterocycles. The van der Waals surface area contributed by atoms with E-state index in [-0.39, 0.29) is 5.82 Å². The van der Waals surface area contributed by atoms with Crippen molar-refractivity contribution >= 4 is 11.0 Å². The number of halogens is 1. The number of fused-ring (bicyclic) bond motifs is 1. The van der Waals surface area contributed by atoms with Crippen LogP contribution in [0, 0.1) is 5.82 Å². The van der Waals surface area contributed by atoms with Gasteiger partial charge in [0, 0.05) is 16.9 Å². The van der Waals surface area contributed by atoms with Crippen molar-refractivity contribution in [2.75, 3.05) is 0 Å². The van der Waals surface area contributed by atoms with E-state index in [0.717, 1.165) is 33.7 Å². The van der Waals surface area contributed by atoms with Gasteiger partial charge in [-0.15, -0.1) is 0 Å². The fourth-order valence-electron chi connectivity index (χ4n) is 3.28. The highest BCUT2D eigenvalue weighted by atomic mass is 19.1. The van der Waals surface area contributed by atoms with Crippen molar-refractivity contribution in [3.05, 3.63) is 97.5 Å². The van der Waals surface area contributed by atoms with E-state index in [4.69, 9.17) is 0 Å². The fourth-order valence-corrected chi connectivity index (χ4v) is 3.28. The summed E-state index contributed by atoms with van der Waals surface area (Å²) >= 11 is 0. The lowest BCUT2D eigenvalue weighted by Crippen LogP contribution is -1.96. The Balaban J connectivity index is 1.65. The Labute approximate surface area is 155 Å². The summed E-state index contributed by atoms with van der Waals surface area (Å²) in [5, 5.41) is 0. The van der Waals surface area contributed by atoms with Crippen molar-refractivity contribution < 1.29 is 4.39 Å². The molecule has 0 amide bonds. The number of hydrogen-bond donors (Lipinski definition) is 0. The first-order valence-corrected chi connectivity index (χ1v) is 8.61. The second-order valence-corrected chi connectivity index (χ2v) is 6.28. The molecule has 130 valence electrons. The van der Waals surface area contributed by atoms with Crippen LogP contribution in [-0.4, -0.2) is 19.1 Å². The van der Waals surface area contributed by atoms with Gasteiger partial charge in [-0.2, -0.15) is 0 Å². The molecule has 5 heteroatoms. The molecular weight excluding hydrogens is 339 g/mol. The van der Waals surface area contributed by atoms with Gasteiger partial charge in [0.1, 0.15) is 12.1 Å². The van der Waals surface area contributed by atoms with E-state index in [1.165, 1.54) is 12.1 Å². The molecule has 2 aromatic heterocycles. The molecule has 0 atom stereocenters. The van der Waals surface area contributed by atoms with E-state index >= 15 is 0 Å². The van der Waals surface area contributed by atoms with E-state index < -0.39 is 0 Å². The molecule has 0 fully saturated rings. The Bertz CT molecular complexity index is 1220. The molecule has 4 nitrogen and oxygen atoms in total. The van der Waals surface area contributed by atoms with E-state index in [9.17, 15) is 4.39 Å². The van der Waals surface area contributed by atoms with Crippen LogP contribution in [0.1, 0.15) is 0 Å². The first-order valence-electron chi connectivity index (χ1n) is 8.61. The first-order chi connectivity index (χ1) is 13.3. The molecule has 3 aromatic carbocycles. The van der Waals surface area contributed by atoms with Crippen molar-refractivity contribution in [2.24, 2.45) is 0 Å². The van der Waals surface area contributed by atoms with E-state index in [0.29, 0.717) is 0 Å². The number of rotatable bonds is 3. The molecule has 5 rings (SSSR count). The van der Waals surface area contributed by atoms with Gasteiger partial charge in [-0.25, -0.2) is 14.4 Å². The van der Waals surface area contributed by atoms with Gasteiger partial charge in [0.2, 0.25) is 0 Å². The zero-order chi connectivity index (χ0) is 18.2. The molecule has 5 aromatic rings. The summed E-state index contributed by atoms with van der Waals surface area (Å²) < 4.78 is 17.3. The average molecular weight is 354 g/mol. The zero-order valence-corrected chi connectivity index (χ0v) is 14.3. The molecule has 0 radical (unpaired) electrons. The summed E-state index contributed by atoms with van der Waals surface area (Å²) in [4.78, 5) is 8.80. The molecule has 0 N–H and O–H groups in total. The highest BCUT2D eigenvalue weighted by Crippen LogP contribution is 2.27. The minimum absolute atomic E-state index is 0.254. The minimum Gasteiger partial charge on any atom is -0.299 e. The number of hydrogen-bond acceptors (Lipinski definition) is 2. The normalized spacial score (nSPS) is 11.1. The topological polar surface area (TPSA) is 35.6 Å². The monoisotopic (exact) mass is 354 g/mol. The maximum atomic E-state index is 13.3. The van der Waals surface area contributed by atoms with Crippen LogP contribution in [-0.2, 0) is 0 Å². The molecule has 27 heavy (non-hydrogen) atoms. The molecule has 2 heterocycles. The van der Waals surface area contributed by atoms with Crippen LogP contribution in [0.5, 0.6) is 0 Å². The van der Waals surface area contributed by atoms with Gasteiger partial charge in [-0.1, -0.05) is 24.3 Å². The molecule has 0 aliphatic rings. The molecular formula is C22H15FN4. The summed E-state index contributed by atoms with van der Waals surface area (Å²) in [5.41, 5.74) is 5.79. The van der Waals surface area contributed by atoms with Crippen LogP contribution in [0.25, 0.3) is 33.7 Å². The van der Waals surface area contributed by atoms with E-state index in [1.54, 1.807) is 18.5 Å². The SMILES string of the molecule is Fc1ccc(-n2cnc3ccc(-c4cncn4-c4ccccc4)cc32)cc1. The second-order valence-electron chi connectivity index (χ2n) is 6.28. The molecule has 0 unspecified atom stereocenters. The van der Waals surface area contributed by atoms with E-state index in [2.05, 4.69) is 20.6 Å². The summed E-state index contributed by atoms with van der Waals surface area (Å²) in [6, 6.07) is 22.6. The van der Waals surface area contributed by atoms with Crippen LogP contribution in [0.15, 0.2) is 91.6 Å². The van der Waals surface area contributed by atoms with Crippen LogP contribution in [0.4, 0.5) is 4.39 Å². The van der Waals surface area contributed by atoms with Gasteiger partial charge >= 0.3 is 0 Å². The van der Waals surface area contributed by atoms with Crippen molar-refractivity contribution in [3.63, 3.8) is 0 Å². The highest BCUT2D eigenvalue weighted by molar-refractivity contribution is 5.83. The van der Waals surface area contributed by atoms with Crippen molar-refractivity contribution in [1.29, 1.82) is 0 Å².